The van der Waals surface area contributed by atoms with Crippen LogP contribution < -0.4 is 16.1 Å². The molecule has 4 heterocycles. The first-order valence-corrected chi connectivity index (χ1v) is 13.1. The lowest BCUT2D eigenvalue weighted by atomic mass is 9.96. The Labute approximate surface area is 211 Å². The molecule has 1 saturated carbocycles. The lowest BCUT2D eigenvalue weighted by Crippen LogP contribution is -2.35. The zero-order chi connectivity index (χ0) is 24.9. The van der Waals surface area contributed by atoms with Crippen LogP contribution in [0.5, 0.6) is 0 Å². The van der Waals surface area contributed by atoms with Gasteiger partial charge in [0.15, 0.2) is 5.82 Å². The first kappa shape index (κ1) is 24.7. The molecule has 1 aliphatic carbocycles. The second-order valence-corrected chi connectivity index (χ2v) is 10.00. The summed E-state index contributed by atoms with van der Waals surface area (Å²) >= 11 is 0. The SMILES string of the molecule is CCC(C)NC(=O)OC1CCC(C2CC(Nc3nccc4c(COC5CCOC5)ccnc34)=NN2)C1. The van der Waals surface area contributed by atoms with Gasteiger partial charge in [0.05, 0.1) is 25.4 Å². The summed E-state index contributed by atoms with van der Waals surface area (Å²) in [6, 6.07) is 4.30. The minimum Gasteiger partial charge on any atom is -0.446 e. The zero-order valence-corrected chi connectivity index (χ0v) is 21.0. The van der Waals surface area contributed by atoms with Crippen molar-refractivity contribution in [3.8, 4) is 0 Å². The van der Waals surface area contributed by atoms with Crippen molar-refractivity contribution >= 4 is 28.6 Å². The maximum atomic E-state index is 12.1. The summed E-state index contributed by atoms with van der Waals surface area (Å²) in [5, 5.41) is 11.8. The Balaban J connectivity index is 1.16. The molecular weight excluding hydrogens is 460 g/mol. The topological polar surface area (TPSA) is 119 Å². The Bertz CT molecular complexity index is 1090. The normalized spacial score (nSPS) is 26.4. The fourth-order valence-corrected chi connectivity index (χ4v) is 5.09. The number of amidine groups is 1. The van der Waals surface area contributed by atoms with Crippen LogP contribution in [0.25, 0.3) is 10.9 Å². The highest BCUT2D eigenvalue weighted by Gasteiger charge is 2.35. The van der Waals surface area contributed by atoms with Crippen LogP contribution in [0.2, 0.25) is 0 Å². The molecule has 36 heavy (non-hydrogen) atoms. The minimum absolute atomic E-state index is 0.0433. The van der Waals surface area contributed by atoms with Gasteiger partial charge in [-0.15, -0.1) is 0 Å². The van der Waals surface area contributed by atoms with Crippen molar-refractivity contribution in [2.24, 2.45) is 11.0 Å². The summed E-state index contributed by atoms with van der Waals surface area (Å²) in [5.74, 6) is 1.93. The van der Waals surface area contributed by atoms with E-state index in [1.165, 1.54) is 0 Å². The summed E-state index contributed by atoms with van der Waals surface area (Å²) in [6.07, 6.45) is 8.69. The lowest BCUT2D eigenvalue weighted by molar-refractivity contribution is 0.0323. The molecule has 5 rings (SSSR count). The van der Waals surface area contributed by atoms with E-state index in [9.17, 15) is 4.79 Å². The molecule has 1 amide bonds. The number of rotatable bonds is 8. The molecule has 1 saturated heterocycles. The van der Waals surface area contributed by atoms with Gasteiger partial charge in [-0.25, -0.2) is 9.78 Å². The monoisotopic (exact) mass is 496 g/mol. The van der Waals surface area contributed by atoms with E-state index in [1.54, 1.807) is 12.4 Å². The molecule has 2 fully saturated rings. The number of carbonyl (C=O) groups excluding carboxylic acids is 1. The average molecular weight is 497 g/mol. The van der Waals surface area contributed by atoms with E-state index in [-0.39, 0.29) is 30.4 Å². The molecule has 10 nitrogen and oxygen atoms in total. The summed E-state index contributed by atoms with van der Waals surface area (Å²) < 4.78 is 17.1. The number of pyridine rings is 2. The highest BCUT2D eigenvalue weighted by atomic mass is 16.6. The van der Waals surface area contributed by atoms with Gasteiger partial charge in [-0.3, -0.25) is 4.98 Å². The molecule has 0 aromatic carbocycles. The number of amides is 1. The van der Waals surface area contributed by atoms with Crippen molar-refractivity contribution in [1.29, 1.82) is 0 Å². The Morgan fingerprint density at radius 1 is 1.22 bits per heavy atom. The molecule has 3 aliphatic rings. The largest absolute Gasteiger partial charge is 0.446 e. The van der Waals surface area contributed by atoms with Gasteiger partial charge in [0.1, 0.15) is 17.5 Å². The molecule has 2 aliphatic heterocycles. The molecule has 2 aromatic heterocycles. The average Bonchev–Trinajstić information content (AvgIpc) is 3.65. The van der Waals surface area contributed by atoms with Crippen molar-refractivity contribution in [3.05, 3.63) is 30.1 Å². The van der Waals surface area contributed by atoms with Gasteiger partial charge < -0.3 is 30.3 Å². The summed E-state index contributed by atoms with van der Waals surface area (Å²) in [5.41, 5.74) is 5.16. The maximum Gasteiger partial charge on any atom is 0.407 e. The summed E-state index contributed by atoms with van der Waals surface area (Å²) in [6.45, 7) is 5.96. The number of carbonyl (C=O) groups is 1. The number of alkyl carbamates (subject to hydrolysis) is 1. The van der Waals surface area contributed by atoms with E-state index in [0.29, 0.717) is 24.9 Å². The van der Waals surface area contributed by atoms with E-state index < -0.39 is 0 Å². The quantitative estimate of drug-likeness (QED) is 0.506. The van der Waals surface area contributed by atoms with Gasteiger partial charge in [0.2, 0.25) is 0 Å². The highest BCUT2D eigenvalue weighted by molar-refractivity contribution is 6.02. The van der Waals surface area contributed by atoms with Crippen molar-refractivity contribution in [2.75, 3.05) is 18.5 Å². The first-order chi connectivity index (χ1) is 17.6. The van der Waals surface area contributed by atoms with Crippen LogP contribution in [0.4, 0.5) is 10.6 Å². The van der Waals surface area contributed by atoms with Gasteiger partial charge in [0, 0.05) is 36.8 Å². The number of hydrogen-bond acceptors (Lipinski definition) is 9. The summed E-state index contributed by atoms with van der Waals surface area (Å²) in [4.78, 5) is 21.2. The third kappa shape index (κ3) is 5.87. The number of nitrogens with zero attached hydrogens (tertiary/aromatic N) is 3. The molecule has 3 N–H and O–H groups in total. The number of fused-ring (bicyclic) bond motifs is 1. The Hall–Kier alpha value is -2.98. The van der Waals surface area contributed by atoms with Crippen LogP contribution in [-0.2, 0) is 20.8 Å². The van der Waals surface area contributed by atoms with Crippen LogP contribution in [0.15, 0.2) is 29.6 Å². The van der Waals surface area contributed by atoms with E-state index in [4.69, 9.17) is 14.2 Å². The Morgan fingerprint density at radius 3 is 2.94 bits per heavy atom. The lowest BCUT2D eigenvalue weighted by Gasteiger charge is -2.19. The van der Waals surface area contributed by atoms with Crippen LogP contribution in [0.3, 0.4) is 0 Å². The van der Waals surface area contributed by atoms with Crippen LogP contribution >= 0.6 is 0 Å². The molecule has 0 bridgehead atoms. The third-order valence-electron chi connectivity index (χ3n) is 7.40. The number of aromatic nitrogens is 2. The Morgan fingerprint density at radius 2 is 2.11 bits per heavy atom. The predicted octanol–water partition coefficient (Wildman–Crippen LogP) is 3.72. The molecule has 5 unspecified atom stereocenters. The Kier molecular flexibility index (Phi) is 7.81. The molecule has 10 heteroatoms. The van der Waals surface area contributed by atoms with Crippen LogP contribution in [0, 0.1) is 5.92 Å². The van der Waals surface area contributed by atoms with Crippen LogP contribution in [-0.4, -0.2) is 59.4 Å². The predicted molar refractivity (Wildman–Crippen MR) is 137 cm³/mol. The van der Waals surface area contributed by atoms with E-state index in [1.807, 2.05) is 26.0 Å². The van der Waals surface area contributed by atoms with Crippen LogP contribution in [0.1, 0.15) is 57.9 Å². The number of ether oxygens (including phenoxy) is 3. The van der Waals surface area contributed by atoms with E-state index in [2.05, 4.69) is 31.1 Å². The molecule has 0 spiro atoms. The summed E-state index contributed by atoms with van der Waals surface area (Å²) in [7, 11) is 0. The fourth-order valence-electron chi connectivity index (χ4n) is 5.09. The van der Waals surface area contributed by atoms with Gasteiger partial charge in [-0.05, 0) is 62.6 Å². The van der Waals surface area contributed by atoms with E-state index in [0.717, 1.165) is 67.4 Å². The number of anilines is 1. The van der Waals surface area contributed by atoms with Crippen molar-refractivity contribution in [3.63, 3.8) is 0 Å². The smallest absolute Gasteiger partial charge is 0.407 e. The van der Waals surface area contributed by atoms with Gasteiger partial charge in [-0.2, -0.15) is 5.10 Å². The maximum absolute atomic E-state index is 12.1. The number of nitrogens with one attached hydrogen (secondary N) is 3. The molecule has 194 valence electrons. The van der Waals surface area contributed by atoms with Crippen molar-refractivity contribution < 1.29 is 19.0 Å². The molecule has 0 radical (unpaired) electrons. The van der Waals surface area contributed by atoms with Gasteiger partial charge in [-0.1, -0.05) is 6.92 Å². The van der Waals surface area contributed by atoms with E-state index >= 15 is 0 Å². The third-order valence-corrected chi connectivity index (χ3v) is 7.40. The highest BCUT2D eigenvalue weighted by Crippen LogP contribution is 2.33. The van der Waals surface area contributed by atoms with Crippen molar-refractivity contribution in [2.45, 2.75) is 83.3 Å². The number of hydrogen-bond donors (Lipinski definition) is 3. The molecule has 2 aromatic rings. The number of hydrazone groups is 1. The first-order valence-electron chi connectivity index (χ1n) is 13.1. The second-order valence-electron chi connectivity index (χ2n) is 10.00. The molecule has 5 atom stereocenters. The second kappa shape index (κ2) is 11.4. The minimum atomic E-state index is -0.316. The van der Waals surface area contributed by atoms with Gasteiger partial charge >= 0.3 is 6.09 Å². The zero-order valence-electron chi connectivity index (χ0n) is 21.0. The molecular formula is C26H36N6O4. The standard InChI is InChI=1S/C26H36N6O4/c1-3-16(2)29-26(33)36-19-5-4-17(12-19)22-13-23(32-31-22)30-25-24-21(7-10-28-25)18(6-9-27-24)14-35-20-8-11-34-15-20/h6-7,9-10,16-17,19-20,22,31H,3-5,8,11-15H2,1-2H3,(H,29,33)(H,28,30,32). The fraction of sp³-hybridized carbons (Fsp3) is 0.615. The van der Waals surface area contributed by atoms with Gasteiger partial charge in [0.25, 0.3) is 0 Å². The van der Waals surface area contributed by atoms with Crippen molar-refractivity contribution in [1.82, 2.24) is 20.7 Å².